The van der Waals surface area contributed by atoms with Crippen LogP contribution in [-0.2, 0) is 16.1 Å². The Morgan fingerprint density at radius 3 is 2.67 bits per heavy atom. The number of nitrogens with zero attached hydrogens (tertiary/aromatic N) is 9. The van der Waals surface area contributed by atoms with Crippen LogP contribution < -0.4 is 9.64 Å². The molecule has 4 aromatic heterocycles. The Hall–Kier alpha value is -4.89. The molecule has 200 valence electrons. The van der Waals surface area contributed by atoms with E-state index in [1.807, 2.05) is 12.3 Å². The molecule has 2 unspecified atom stereocenters. The second-order valence-electron chi connectivity index (χ2n) is 10.1. The summed E-state index contributed by atoms with van der Waals surface area (Å²) < 4.78 is 11.8. The van der Waals surface area contributed by atoms with Crippen LogP contribution in [0.25, 0.3) is 22.3 Å². The molecule has 0 amide bonds. The minimum atomic E-state index is -0.361. The molecule has 2 atom stereocenters. The SMILES string of the molecule is COc1cnc(CN2C3CC2CN(c2cnc(-c4cc(C5=CC(=O)OCC5)cn5ncc(C#N)c45)cn2)C3)cn1. The standard InChI is InChI=1S/C28H25N9O3/c1-39-26-12-30-20(9-33-26)14-36-21-6-22(36)16-35(15-21)25-11-31-24(10-32-25)23-4-18(17-2-3-40-27(38)5-17)13-37-28(23)19(7-29)8-34-37/h4-5,8-13,21-22H,2-3,6,14-16H2,1H3. The van der Waals surface area contributed by atoms with Gasteiger partial charge >= 0.3 is 5.97 Å². The lowest BCUT2D eigenvalue weighted by atomic mass is 9.87. The van der Waals surface area contributed by atoms with Gasteiger partial charge in [-0.05, 0) is 23.6 Å². The topological polar surface area (TPSA) is 135 Å². The predicted molar refractivity (Wildman–Crippen MR) is 143 cm³/mol. The molecule has 40 heavy (non-hydrogen) atoms. The van der Waals surface area contributed by atoms with Gasteiger partial charge in [-0.2, -0.15) is 10.4 Å². The summed E-state index contributed by atoms with van der Waals surface area (Å²) >= 11 is 0. The number of carbonyl (C=O) groups excluding carboxylic acids is 1. The minimum Gasteiger partial charge on any atom is -0.480 e. The first kappa shape index (κ1) is 24.2. The third-order valence-electron chi connectivity index (χ3n) is 7.83. The van der Waals surface area contributed by atoms with Gasteiger partial charge in [0.05, 0.1) is 67.2 Å². The van der Waals surface area contributed by atoms with Gasteiger partial charge in [0.15, 0.2) is 0 Å². The second kappa shape index (κ2) is 9.69. The van der Waals surface area contributed by atoms with E-state index < -0.39 is 0 Å². The van der Waals surface area contributed by atoms with Crippen LogP contribution in [0, 0.1) is 11.3 Å². The summed E-state index contributed by atoms with van der Waals surface area (Å²) in [6.45, 7) is 2.81. The van der Waals surface area contributed by atoms with Crippen molar-refractivity contribution in [3.05, 3.63) is 66.1 Å². The number of nitriles is 1. The number of fused-ring (bicyclic) bond motifs is 3. The molecule has 0 aromatic carbocycles. The summed E-state index contributed by atoms with van der Waals surface area (Å²) in [6.07, 6.45) is 13.6. The van der Waals surface area contributed by atoms with E-state index in [9.17, 15) is 10.1 Å². The van der Waals surface area contributed by atoms with E-state index in [0.717, 1.165) is 54.3 Å². The summed E-state index contributed by atoms with van der Waals surface area (Å²) in [6, 6.07) is 5.00. The molecule has 0 aliphatic carbocycles. The highest BCUT2D eigenvalue weighted by molar-refractivity contribution is 5.94. The number of hydrogen-bond donors (Lipinski definition) is 0. The highest BCUT2D eigenvalue weighted by Crippen LogP contribution is 2.36. The average molecular weight is 536 g/mol. The Balaban J connectivity index is 1.12. The van der Waals surface area contributed by atoms with Crippen molar-refractivity contribution in [3.8, 4) is 23.2 Å². The van der Waals surface area contributed by atoms with Crippen LogP contribution in [0.4, 0.5) is 5.82 Å². The molecule has 12 nitrogen and oxygen atoms in total. The number of piperidine rings is 1. The number of methoxy groups -OCH3 is 1. The second-order valence-corrected chi connectivity index (χ2v) is 10.1. The third kappa shape index (κ3) is 4.20. The molecule has 0 spiro atoms. The number of anilines is 1. The van der Waals surface area contributed by atoms with Crippen molar-refractivity contribution >= 4 is 22.9 Å². The number of cyclic esters (lactones) is 1. The largest absolute Gasteiger partial charge is 0.480 e. The van der Waals surface area contributed by atoms with Crippen molar-refractivity contribution in [1.82, 2.24) is 34.4 Å². The van der Waals surface area contributed by atoms with Crippen molar-refractivity contribution in [2.24, 2.45) is 0 Å². The lowest BCUT2D eigenvalue weighted by molar-refractivity contribution is -0.138. The first-order valence-electron chi connectivity index (χ1n) is 13.1. The molecule has 12 heteroatoms. The van der Waals surface area contributed by atoms with Gasteiger partial charge in [-0.1, -0.05) is 0 Å². The van der Waals surface area contributed by atoms with Gasteiger partial charge in [0.2, 0.25) is 5.88 Å². The smallest absolute Gasteiger partial charge is 0.331 e. The fraction of sp³-hybridized carbons (Fsp3) is 0.321. The summed E-state index contributed by atoms with van der Waals surface area (Å²) in [5, 5.41) is 14.1. The molecule has 8 heterocycles. The van der Waals surface area contributed by atoms with Crippen molar-refractivity contribution in [2.45, 2.75) is 31.5 Å². The zero-order valence-corrected chi connectivity index (χ0v) is 21.8. The maximum Gasteiger partial charge on any atom is 0.331 e. The van der Waals surface area contributed by atoms with Gasteiger partial charge in [-0.3, -0.25) is 14.9 Å². The zero-order chi connectivity index (χ0) is 27.2. The van der Waals surface area contributed by atoms with E-state index in [4.69, 9.17) is 19.4 Å². The molecule has 0 radical (unpaired) electrons. The molecule has 8 rings (SSSR count). The van der Waals surface area contributed by atoms with Crippen molar-refractivity contribution in [3.63, 3.8) is 0 Å². The van der Waals surface area contributed by atoms with Crippen molar-refractivity contribution in [2.75, 3.05) is 31.7 Å². The van der Waals surface area contributed by atoms with Crippen LogP contribution in [0.15, 0.2) is 49.3 Å². The van der Waals surface area contributed by atoms with Crippen LogP contribution in [0.2, 0.25) is 0 Å². The maximum absolute atomic E-state index is 11.9. The Labute approximate surface area is 229 Å². The first-order chi connectivity index (χ1) is 19.6. The number of esters is 1. The van der Waals surface area contributed by atoms with Gasteiger partial charge in [-0.15, -0.1) is 0 Å². The third-order valence-corrected chi connectivity index (χ3v) is 7.83. The normalized spacial score (nSPS) is 20.4. The molecule has 3 fully saturated rings. The molecular formula is C28H25N9O3. The zero-order valence-electron chi connectivity index (χ0n) is 21.8. The Morgan fingerprint density at radius 2 is 1.98 bits per heavy atom. The number of piperazine rings is 1. The minimum absolute atomic E-state index is 0.331. The van der Waals surface area contributed by atoms with Crippen LogP contribution >= 0.6 is 0 Å². The number of carbonyl (C=O) groups is 1. The molecule has 2 bridgehead atoms. The van der Waals surface area contributed by atoms with E-state index in [1.54, 1.807) is 36.4 Å². The monoisotopic (exact) mass is 535 g/mol. The highest BCUT2D eigenvalue weighted by Gasteiger charge is 2.45. The van der Waals surface area contributed by atoms with E-state index in [2.05, 4.69) is 30.9 Å². The van der Waals surface area contributed by atoms with Crippen molar-refractivity contribution < 1.29 is 14.3 Å². The molecule has 0 N–H and O–H groups in total. The molecular weight excluding hydrogens is 510 g/mol. The number of pyridine rings is 1. The first-order valence-corrected chi connectivity index (χ1v) is 13.1. The summed E-state index contributed by atoms with van der Waals surface area (Å²) in [4.78, 5) is 34.9. The number of ether oxygens (including phenoxy) is 2. The summed E-state index contributed by atoms with van der Waals surface area (Å²) in [5.74, 6) is 0.975. The van der Waals surface area contributed by atoms with Crippen LogP contribution in [0.1, 0.15) is 29.7 Å². The van der Waals surface area contributed by atoms with Gasteiger partial charge in [-0.25, -0.2) is 19.3 Å². The molecule has 4 aromatic rings. The van der Waals surface area contributed by atoms with Gasteiger partial charge in [0.25, 0.3) is 0 Å². The van der Waals surface area contributed by atoms with Gasteiger partial charge in [0.1, 0.15) is 11.9 Å². The Bertz CT molecular complexity index is 1660. The van der Waals surface area contributed by atoms with Crippen LogP contribution in [0.5, 0.6) is 5.88 Å². The Morgan fingerprint density at radius 1 is 1.10 bits per heavy atom. The maximum atomic E-state index is 11.9. The van der Waals surface area contributed by atoms with Crippen molar-refractivity contribution in [1.29, 1.82) is 5.26 Å². The lowest BCUT2D eigenvalue weighted by Gasteiger charge is -2.56. The van der Waals surface area contributed by atoms with E-state index in [0.29, 0.717) is 47.8 Å². The molecule has 4 aliphatic rings. The fourth-order valence-electron chi connectivity index (χ4n) is 5.79. The quantitative estimate of drug-likeness (QED) is 0.336. The number of rotatable bonds is 6. The number of aromatic nitrogens is 6. The highest BCUT2D eigenvalue weighted by atomic mass is 16.5. The summed E-state index contributed by atoms with van der Waals surface area (Å²) in [5.41, 5.74) is 5.09. The average Bonchev–Trinajstić information content (AvgIpc) is 3.43. The Kier molecular flexibility index (Phi) is 5.86. The van der Waals surface area contributed by atoms with E-state index in [1.165, 1.54) is 12.3 Å². The van der Waals surface area contributed by atoms with Crippen LogP contribution in [-0.4, -0.2) is 79.3 Å². The van der Waals surface area contributed by atoms with E-state index >= 15 is 0 Å². The summed E-state index contributed by atoms with van der Waals surface area (Å²) in [7, 11) is 1.58. The molecule has 0 saturated carbocycles. The lowest BCUT2D eigenvalue weighted by Crippen LogP contribution is -2.68. The molecule has 3 saturated heterocycles. The fourth-order valence-corrected chi connectivity index (χ4v) is 5.79. The van der Waals surface area contributed by atoms with Gasteiger partial charge < -0.3 is 14.4 Å². The predicted octanol–water partition coefficient (Wildman–Crippen LogP) is 2.25. The number of hydrogen-bond acceptors (Lipinski definition) is 11. The van der Waals surface area contributed by atoms with Crippen LogP contribution in [0.3, 0.4) is 0 Å². The molecule has 4 aliphatic heterocycles. The van der Waals surface area contributed by atoms with E-state index in [-0.39, 0.29) is 5.97 Å². The van der Waals surface area contributed by atoms with Gasteiger partial charge in [0, 0.05) is 56.0 Å².